The van der Waals surface area contributed by atoms with Crippen LogP contribution in [0.1, 0.15) is 65.7 Å². The van der Waals surface area contributed by atoms with Gasteiger partial charge in [-0.1, -0.05) is 6.42 Å². The zero-order chi connectivity index (χ0) is 20.1. The molecule has 28 heavy (non-hydrogen) atoms. The minimum atomic E-state index is -0.566. The number of rotatable bonds is 4. The Morgan fingerprint density at radius 1 is 0.929 bits per heavy atom. The molecule has 0 aromatic rings. The fourth-order valence-electron chi connectivity index (χ4n) is 5.29. The summed E-state index contributed by atoms with van der Waals surface area (Å²) in [5.41, 5.74) is -0.566. The summed E-state index contributed by atoms with van der Waals surface area (Å²) >= 11 is 0. The van der Waals surface area contributed by atoms with Crippen molar-refractivity contribution in [3.8, 4) is 0 Å². The highest BCUT2D eigenvalue weighted by Gasteiger charge is 2.58. The van der Waals surface area contributed by atoms with Crippen LogP contribution in [0.15, 0.2) is 0 Å². The number of hydrogen-bond acceptors (Lipinski definition) is 4. The van der Waals surface area contributed by atoms with Crippen LogP contribution in [0.5, 0.6) is 0 Å². The SMILES string of the molecule is CC(C)(C)OC(=O)N[C@H]1[C@@H]2CCC[C@@H]2[C@@H]1C(=O)N1CCCC1C(=O)NC1CC1. The van der Waals surface area contributed by atoms with Gasteiger partial charge in [0.2, 0.25) is 11.8 Å². The van der Waals surface area contributed by atoms with Gasteiger partial charge in [0.1, 0.15) is 11.6 Å². The van der Waals surface area contributed by atoms with E-state index in [1.807, 2.05) is 20.8 Å². The van der Waals surface area contributed by atoms with E-state index >= 15 is 0 Å². The van der Waals surface area contributed by atoms with E-state index in [-0.39, 0.29) is 29.8 Å². The largest absolute Gasteiger partial charge is 0.444 e. The third-order valence-corrected chi connectivity index (χ3v) is 6.67. The number of hydrogen-bond donors (Lipinski definition) is 2. The lowest BCUT2D eigenvalue weighted by Crippen LogP contribution is -2.64. The third kappa shape index (κ3) is 3.85. The maximum absolute atomic E-state index is 13.4. The summed E-state index contributed by atoms with van der Waals surface area (Å²) in [4.78, 5) is 40.1. The van der Waals surface area contributed by atoms with Gasteiger partial charge in [-0.25, -0.2) is 4.79 Å². The predicted octanol–water partition coefficient (Wildman–Crippen LogP) is 2.20. The molecule has 0 radical (unpaired) electrons. The summed E-state index contributed by atoms with van der Waals surface area (Å²) in [5.74, 6) is 0.474. The van der Waals surface area contributed by atoms with E-state index in [1.54, 1.807) is 4.90 Å². The Labute approximate surface area is 166 Å². The Morgan fingerprint density at radius 3 is 2.32 bits per heavy atom. The van der Waals surface area contributed by atoms with Gasteiger partial charge in [0.15, 0.2) is 0 Å². The molecule has 0 bridgehead atoms. The summed E-state index contributed by atoms with van der Waals surface area (Å²) in [5, 5.41) is 6.02. The van der Waals surface area contributed by atoms with Crippen LogP contribution >= 0.6 is 0 Å². The van der Waals surface area contributed by atoms with Gasteiger partial charge < -0.3 is 20.3 Å². The molecule has 1 heterocycles. The fraction of sp³-hybridized carbons (Fsp3) is 0.857. The second-order valence-electron chi connectivity index (χ2n) is 9.93. The maximum atomic E-state index is 13.4. The molecule has 1 aliphatic heterocycles. The van der Waals surface area contributed by atoms with Crippen molar-refractivity contribution in [2.75, 3.05) is 6.54 Å². The molecule has 156 valence electrons. The zero-order valence-corrected chi connectivity index (χ0v) is 17.2. The molecule has 3 saturated carbocycles. The average molecular weight is 392 g/mol. The third-order valence-electron chi connectivity index (χ3n) is 6.67. The van der Waals surface area contributed by atoms with Crippen molar-refractivity contribution in [1.29, 1.82) is 0 Å². The predicted molar refractivity (Wildman–Crippen MR) is 103 cm³/mol. The van der Waals surface area contributed by atoms with Crippen LogP contribution in [-0.4, -0.2) is 53.1 Å². The van der Waals surface area contributed by atoms with Gasteiger partial charge in [-0.2, -0.15) is 0 Å². The van der Waals surface area contributed by atoms with Crippen LogP contribution in [0.4, 0.5) is 4.79 Å². The molecule has 4 rings (SSSR count). The van der Waals surface area contributed by atoms with Gasteiger partial charge in [0, 0.05) is 18.6 Å². The molecule has 4 aliphatic rings. The van der Waals surface area contributed by atoms with Crippen molar-refractivity contribution in [2.24, 2.45) is 17.8 Å². The molecule has 3 amide bonds. The smallest absolute Gasteiger partial charge is 0.407 e. The highest BCUT2D eigenvalue weighted by Crippen LogP contribution is 2.52. The molecule has 2 N–H and O–H groups in total. The Bertz CT molecular complexity index is 655. The lowest BCUT2D eigenvalue weighted by molar-refractivity contribution is -0.150. The van der Waals surface area contributed by atoms with Gasteiger partial charge in [-0.05, 0) is 71.1 Å². The first-order valence-electron chi connectivity index (χ1n) is 10.8. The van der Waals surface area contributed by atoms with E-state index in [0.717, 1.165) is 44.9 Å². The van der Waals surface area contributed by atoms with E-state index in [2.05, 4.69) is 10.6 Å². The molecular formula is C21H33N3O4. The second-order valence-corrected chi connectivity index (χ2v) is 9.93. The van der Waals surface area contributed by atoms with Crippen molar-refractivity contribution in [3.05, 3.63) is 0 Å². The molecule has 4 fully saturated rings. The summed E-state index contributed by atoms with van der Waals surface area (Å²) in [6.07, 6.45) is 6.39. The molecule has 0 aromatic heterocycles. The highest BCUT2D eigenvalue weighted by atomic mass is 16.6. The molecule has 3 aliphatic carbocycles. The molecule has 0 aromatic carbocycles. The second kappa shape index (κ2) is 7.23. The number of carbonyl (C=O) groups excluding carboxylic acids is 3. The van der Waals surface area contributed by atoms with Crippen molar-refractivity contribution in [1.82, 2.24) is 15.5 Å². The summed E-state index contributed by atoms with van der Waals surface area (Å²) < 4.78 is 5.42. The molecular weight excluding hydrogens is 358 g/mol. The van der Waals surface area contributed by atoms with Crippen LogP contribution < -0.4 is 10.6 Å². The van der Waals surface area contributed by atoms with Crippen LogP contribution in [0, 0.1) is 17.8 Å². The maximum Gasteiger partial charge on any atom is 0.407 e. The number of amides is 3. The molecule has 0 spiro atoms. The Hall–Kier alpha value is -1.79. The van der Waals surface area contributed by atoms with Gasteiger partial charge in [-0.3, -0.25) is 9.59 Å². The highest BCUT2D eigenvalue weighted by molar-refractivity contribution is 5.90. The minimum Gasteiger partial charge on any atom is -0.444 e. The first-order chi connectivity index (χ1) is 13.2. The minimum absolute atomic E-state index is 0.00713. The average Bonchev–Trinajstić information content (AvgIpc) is 3.10. The number of likely N-dealkylation sites (tertiary alicyclic amines) is 1. The number of alkyl carbamates (subject to hydrolysis) is 1. The first kappa shape index (κ1) is 19.5. The van der Waals surface area contributed by atoms with E-state index in [4.69, 9.17) is 4.74 Å². The number of fused-ring (bicyclic) bond motifs is 1. The standard InChI is InChI=1S/C21H33N3O4/c1-21(2,3)28-20(27)23-17-14-7-4-6-13(14)16(17)19(26)24-11-5-8-15(24)18(25)22-12-9-10-12/h12-17H,4-11H2,1-3H3,(H,22,25)(H,23,27)/t13-,14+,15?,16-,17-/m0/s1. The van der Waals surface area contributed by atoms with Crippen molar-refractivity contribution >= 4 is 17.9 Å². The van der Waals surface area contributed by atoms with Crippen molar-refractivity contribution < 1.29 is 19.1 Å². The molecule has 1 unspecified atom stereocenters. The molecule has 5 atom stereocenters. The normalized spacial score (nSPS) is 34.4. The number of nitrogens with zero attached hydrogens (tertiary/aromatic N) is 1. The quantitative estimate of drug-likeness (QED) is 0.769. The van der Waals surface area contributed by atoms with Gasteiger partial charge >= 0.3 is 6.09 Å². The summed E-state index contributed by atoms with van der Waals surface area (Å²) in [6.45, 7) is 6.14. The summed E-state index contributed by atoms with van der Waals surface area (Å²) in [6, 6.07) is -0.229. The molecule has 1 saturated heterocycles. The van der Waals surface area contributed by atoms with Gasteiger partial charge in [-0.15, -0.1) is 0 Å². The summed E-state index contributed by atoms with van der Waals surface area (Å²) in [7, 11) is 0. The van der Waals surface area contributed by atoms with Crippen molar-refractivity contribution in [2.45, 2.75) is 89.4 Å². The van der Waals surface area contributed by atoms with E-state index in [9.17, 15) is 14.4 Å². The van der Waals surface area contributed by atoms with Gasteiger partial charge in [0.25, 0.3) is 0 Å². The molecule has 7 nitrogen and oxygen atoms in total. The van der Waals surface area contributed by atoms with Crippen molar-refractivity contribution in [3.63, 3.8) is 0 Å². The number of carbonyl (C=O) groups is 3. The van der Waals surface area contributed by atoms with Crippen LogP contribution in [0.2, 0.25) is 0 Å². The monoisotopic (exact) mass is 391 g/mol. The lowest BCUT2D eigenvalue weighted by Gasteiger charge is -2.49. The van der Waals surface area contributed by atoms with E-state index in [1.165, 1.54) is 0 Å². The van der Waals surface area contributed by atoms with E-state index in [0.29, 0.717) is 24.4 Å². The Morgan fingerprint density at radius 2 is 1.64 bits per heavy atom. The van der Waals surface area contributed by atoms with Gasteiger partial charge in [0.05, 0.1) is 5.92 Å². The topological polar surface area (TPSA) is 87.7 Å². The Balaban J connectivity index is 1.43. The Kier molecular flexibility index (Phi) is 5.04. The first-order valence-corrected chi connectivity index (χ1v) is 10.8. The van der Waals surface area contributed by atoms with Crippen LogP contribution in [-0.2, 0) is 14.3 Å². The van der Waals surface area contributed by atoms with Crippen LogP contribution in [0.3, 0.4) is 0 Å². The fourth-order valence-corrected chi connectivity index (χ4v) is 5.29. The number of nitrogens with one attached hydrogen (secondary N) is 2. The zero-order valence-electron chi connectivity index (χ0n) is 17.2. The van der Waals surface area contributed by atoms with Crippen LogP contribution in [0.25, 0.3) is 0 Å². The van der Waals surface area contributed by atoms with E-state index < -0.39 is 11.7 Å². The molecule has 7 heteroatoms. The number of ether oxygens (including phenoxy) is 1. The lowest BCUT2D eigenvalue weighted by atomic mass is 9.61.